The highest BCUT2D eigenvalue weighted by Gasteiger charge is 2.21. The lowest BCUT2D eigenvalue weighted by molar-refractivity contribution is -0.115. The summed E-state index contributed by atoms with van der Waals surface area (Å²) in [6.45, 7) is 1.81. The number of thiazole rings is 1. The Hall–Kier alpha value is -2.11. The van der Waals surface area contributed by atoms with Gasteiger partial charge in [0.2, 0.25) is 5.91 Å². The molecule has 5 nitrogen and oxygen atoms in total. The van der Waals surface area contributed by atoms with Crippen LogP contribution in [0.3, 0.4) is 0 Å². The van der Waals surface area contributed by atoms with E-state index in [1.807, 2.05) is 18.4 Å². The van der Waals surface area contributed by atoms with Gasteiger partial charge in [-0.25, -0.2) is 9.97 Å². The number of nitriles is 1. The lowest BCUT2D eigenvalue weighted by Crippen LogP contribution is -2.22. The molecule has 0 spiro atoms. The molecule has 0 bridgehead atoms. The van der Waals surface area contributed by atoms with Crippen molar-refractivity contribution in [2.75, 3.05) is 5.32 Å². The third-order valence-electron chi connectivity index (χ3n) is 5.49. The van der Waals surface area contributed by atoms with E-state index >= 15 is 0 Å². The molecule has 2 heterocycles. The third kappa shape index (κ3) is 5.88. The molecule has 170 valence electrons. The molecule has 1 N–H and O–H groups in total. The van der Waals surface area contributed by atoms with Crippen LogP contribution >= 0.6 is 46.3 Å². The quantitative estimate of drug-likeness (QED) is 0.363. The average molecular weight is 518 g/mol. The van der Waals surface area contributed by atoms with Gasteiger partial charge in [0.25, 0.3) is 0 Å². The Morgan fingerprint density at radius 1 is 1.18 bits per heavy atom. The first-order chi connectivity index (χ1) is 15.9. The van der Waals surface area contributed by atoms with Crippen LogP contribution in [0.5, 0.6) is 0 Å². The topological polar surface area (TPSA) is 78.7 Å². The van der Waals surface area contributed by atoms with Crippen molar-refractivity contribution >= 4 is 57.3 Å². The number of halogens is 2. The number of nitrogens with one attached hydrogen (secondary N) is 1. The van der Waals surface area contributed by atoms with E-state index in [9.17, 15) is 10.1 Å². The number of pyridine rings is 1. The van der Waals surface area contributed by atoms with Crippen molar-refractivity contribution in [3.8, 4) is 17.3 Å². The number of aromatic nitrogens is 2. The van der Waals surface area contributed by atoms with Crippen LogP contribution in [0.25, 0.3) is 11.3 Å². The van der Waals surface area contributed by atoms with Crippen molar-refractivity contribution in [3.05, 3.63) is 56.5 Å². The van der Waals surface area contributed by atoms with Crippen LogP contribution in [-0.4, -0.2) is 21.1 Å². The number of hydrogen-bond acceptors (Lipinski definition) is 6. The maximum Gasteiger partial charge on any atom is 0.239 e. The number of hydrogen-bond donors (Lipinski definition) is 1. The second kappa shape index (κ2) is 10.9. The van der Waals surface area contributed by atoms with E-state index in [1.165, 1.54) is 41.5 Å². The van der Waals surface area contributed by atoms with Crippen LogP contribution in [0.2, 0.25) is 10.0 Å². The zero-order chi connectivity index (χ0) is 23.4. The largest absolute Gasteiger partial charge is 0.301 e. The summed E-state index contributed by atoms with van der Waals surface area (Å²) in [4.78, 5) is 22.1. The third-order valence-corrected chi connectivity index (χ3v) is 7.89. The van der Waals surface area contributed by atoms with Crippen LogP contribution in [-0.2, 0) is 17.6 Å². The minimum absolute atomic E-state index is 0.194. The predicted molar refractivity (Wildman–Crippen MR) is 136 cm³/mol. The van der Waals surface area contributed by atoms with Gasteiger partial charge in [-0.2, -0.15) is 5.26 Å². The van der Waals surface area contributed by atoms with Crippen molar-refractivity contribution in [1.82, 2.24) is 9.97 Å². The molecule has 33 heavy (non-hydrogen) atoms. The first kappa shape index (κ1) is 24.0. The van der Waals surface area contributed by atoms with Gasteiger partial charge in [-0.3, -0.25) is 4.79 Å². The Morgan fingerprint density at radius 3 is 2.73 bits per heavy atom. The number of amides is 1. The van der Waals surface area contributed by atoms with Crippen molar-refractivity contribution in [1.29, 1.82) is 5.26 Å². The number of thioether (sulfide) groups is 1. The molecular formula is C24H22Cl2N4OS2. The lowest BCUT2D eigenvalue weighted by atomic mass is 9.96. The summed E-state index contributed by atoms with van der Waals surface area (Å²) >= 11 is 14.9. The van der Waals surface area contributed by atoms with Gasteiger partial charge < -0.3 is 5.32 Å². The Labute approximate surface area is 211 Å². The Kier molecular flexibility index (Phi) is 7.92. The fraction of sp³-hybridized carbons (Fsp3) is 0.333. The molecule has 4 rings (SSSR count). The number of anilines is 1. The van der Waals surface area contributed by atoms with Gasteiger partial charge in [-0.05, 0) is 62.4 Å². The number of nitrogens with zero attached hydrogens (tertiary/aromatic N) is 3. The summed E-state index contributed by atoms with van der Waals surface area (Å²) in [5, 5.41) is 16.1. The van der Waals surface area contributed by atoms with Crippen LogP contribution in [0.15, 0.2) is 34.7 Å². The molecular weight excluding hydrogens is 495 g/mol. The van der Waals surface area contributed by atoms with E-state index in [0.717, 1.165) is 36.9 Å². The second-order valence-electron chi connectivity index (χ2n) is 7.88. The fourth-order valence-corrected chi connectivity index (χ4v) is 5.83. The minimum atomic E-state index is -0.442. The van der Waals surface area contributed by atoms with Crippen LogP contribution in [0.1, 0.15) is 49.4 Å². The van der Waals surface area contributed by atoms with E-state index < -0.39 is 5.25 Å². The standard InChI is InChI=1S/C24H22Cl2N4OS2/c1-14(33-23-16(12-27)10-15-6-4-2-3-5-7-20(15)28-23)22(31)30-24-29-21(13-32-24)18-9-8-17(25)11-19(18)26/h8-11,13-14H,2-7H2,1H3,(H,29,30,31). The number of aryl methyl sites for hydroxylation is 2. The first-order valence-electron chi connectivity index (χ1n) is 10.8. The number of carbonyl (C=O) groups excluding carboxylic acids is 1. The summed E-state index contributed by atoms with van der Waals surface area (Å²) < 4.78 is 0. The minimum Gasteiger partial charge on any atom is -0.301 e. The predicted octanol–water partition coefficient (Wildman–Crippen LogP) is 7.16. The highest BCUT2D eigenvalue weighted by atomic mass is 35.5. The van der Waals surface area contributed by atoms with Crippen molar-refractivity contribution < 1.29 is 4.79 Å². The Bertz CT molecular complexity index is 1220. The van der Waals surface area contributed by atoms with Crippen LogP contribution < -0.4 is 5.32 Å². The summed E-state index contributed by atoms with van der Waals surface area (Å²) in [5.41, 5.74) is 4.20. The molecule has 1 unspecified atom stereocenters. The first-order valence-corrected chi connectivity index (χ1v) is 13.3. The molecule has 1 aliphatic rings. The number of carbonyl (C=O) groups is 1. The molecule has 0 saturated heterocycles. The van der Waals surface area contributed by atoms with Crippen LogP contribution in [0, 0.1) is 11.3 Å². The van der Waals surface area contributed by atoms with E-state index in [0.29, 0.717) is 31.5 Å². The maximum atomic E-state index is 12.8. The molecule has 1 aromatic carbocycles. The zero-order valence-electron chi connectivity index (χ0n) is 18.0. The number of benzene rings is 1. The van der Waals surface area contributed by atoms with Crippen molar-refractivity contribution in [3.63, 3.8) is 0 Å². The van der Waals surface area contributed by atoms with Gasteiger partial charge >= 0.3 is 0 Å². The van der Waals surface area contributed by atoms with E-state index in [1.54, 1.807) is 18.2 Å². The number of fused-ring (bicyclic) bond motifs is 1. The lowest BCUT2D eigenvalue weighted by Gasteiger charge is -2.16. The zero-order valence-corrected chi connectivity index (χ0v) is 21.2. The SMILES string of the molecule is CC(Sc1nc2c(cc1C#N)CCCCCC2)C(=O)Nc1nc(-c2ccc(Cl)cc2Cl)cs1. The van der Waals surface area contributed by atoms with Crippen molar-refractivity contribution in [2.24, 2.45) is 0 Å². The van der Waals surface area contributed by atoms with E-state index in [4.69, 9.17) is 28.2 Å². The monoisotopic (exact) mass is 516 g/mol. The molecule has 2 aromatic heterocycles. The molecule has 0 saturated carbocycles. The molecule has 1 amide bonds. The number of rotatable bonds is 5. The highest BCUT2D eigenvalue weighted by molar-refractivity contribution is 8.00. The van der Waals surface area contributed by atoms with E-state index in [2.05, 4.69) is 16.4 Å². The smallest absolute Gasteiger partial charge is 0.239 e. The van der Waals surface area contributed by atoms with Crippen molar-refractivity contribution in [2.45, 2.75) is 55.7 Å². The Morgan fingerprint density at radius 2 is 1.97 bits per heavy atom. The summed E-state index contributed by atoms with van der Waals surface area (Å²) in [7, 11) is 0. The molecule has 9 heteroatoms. The average Bonchev–Trinajstić information content (AvgIpc) is 3.22. The molecule has 0 aliphatic heterocycles. The fourth-order valence-electron chi connectivity index (χ4n) is 3.72. The Balaban J connectivity index is 1.46. The molecule has 0 radical (unpaired) electrons. The normalized spacial score (nSPS) is 14.5. The van der Waals surface area contributed by atoms with Gasteiger partial charge in [0, 0.05) is 21.7 Å². The van der Waals surface area contributed by atoms with E-state index in [-0.39, 0.29) is 5.91 Å². The van der Waals surface area contributed by atoms with Crippen LogP contribution in [0.4, 0.5) is 5.13 Å². The van der Waals surface area contributed by atoms with Gasteiger partial charge in [0.15, 0.2) is 5.13 Å². The highest BCUT2D eigenvalue weighted by Crippen LogP contribution is 2.33. The maximum absolute atomic E-state index is 12.8. The molecule has 0 fully saturated rings. The molecule has 1 atom stereocenters. The van der Waals surface area contributed by atoms with Gasteiger partial charge in [0.1, 0.15) is 11.1 Å². The summed E-state index contributed by atoms with van der Waals surface area (Å²) in [5.74, 6) is -0.194. The molecule has 3 aromatic rings. The summed E-state index contributed by atoms with van der Waals surface area (Å²) in [6.07, 6.45) is 6.54. The van der Waals surface area contributed by atoms with Gasteiger partial charge in [-0.15, -0.1) is 11.3 Å². The van der Waals surface area contributed by atoms with Gasteiger partial charge in [0.05, 0.1) is 21.5 Å². The molecule has 1 aliphatic carbocycles. The summed E-state index contributed by atoms with van der Waals surface area (Å²) in [6, 6.07) is 9.44. The van der Waals surface area contributed by atoms with Gasteiger partial charge in [-0.1, -0.05) is 47.8 Å². The second-order valence-corrected chi connectivity index (χ2v) is 10.9.